The van der Waals surface area contributed by atoms with E-state index in [-0.39, 0.29) is 17.6 Å². The number of aromatic amines is 1. The molecular formula is C22H21N7O2S. The van der Waals surface area contributed by atoms with Crippen LogP contribution in [-0.4, -0.2) is 59.6 Å². The lowest BCUT2D eigenvalue weighted by molar-refractivity contribution is -0.134. The Morgan fingerprint density at radius 1 is 1.19 bits per heavy atom. The highest BCUT2D eigenvalue weighted by Gasteiger charge is 2.34. The van der Waals surface area contributed by atoms with Crippen LogP contribution < -0.4 is 5.32 Å². The van der Waals surface area contributed by atoms with E-state index in [2.05, 4.69) is 25.3 Å². The van der Waals surface area contributed by atoms with Crippen LogP contribution in [0.3, 0.4) is 0 Å². The number of carbonyl (C=O) groups is 2. The summed E-state index contributed by atoms with van der Waals surface area (Å²) in [6.07, 6.45) is 8.38. The van der Waals surface area contributed by atoms with Gasteiger partial charge < -0.3 is 19.8 Å². The Morgan fingerprint density at radius 2 is 2.03 bits per heavy atom. The van der Waals surface area contributed by atoms with Crippen molar-refractivity contribution in [1.82, 2.24) is 29.4 Å². The number of carbonyl (C=O) groups excluding carboxylic acids is 2. The molecule has 3 aromatic heterocycles. The summed E-state index contributed by atoms with van der Waals surface area (Å²) in [4.78, 5) is 43.2. The fourth-order valence-corrected chi connectivity index (χ4v) is 4.63. The molecule has 0 bridgehead atoms. The predicted octanol–water partition coefficient (Wildman–Crippen LogP) is 2.87. The van der Waals surface area contributed by atoms with Crippen molar-refractivity contribution in [2.24, 2.45) is 0 Å². The summed E-state index contributed by atoms with van der Waals surface area (Å²) in [7, 11) is 0. The number of nitrogens with zero attached hydrogens (tertiary/aromatic N) is 5. The average molecular weight is 448 g/mol. The maximum Gasteiger partial charge on any atom is 0.247 e. The summed E-state index contributed by atoms with van der Waals surface area (Å²) in [6, 6.07) is 11.0. The first-order chi connectivity index (χ1) is 15.7. The average Bonchev–Trinajstić information content (AvgIpc) is 3.58. The fourth-order valence-electron chi connectivity index (χ4n) is 3.87. The molecule has 162 valence electrons. The molecule has 1 aromatic carbocycles. The van der Waals surface area contributed by atoms with E-state index >= 15 is 0 Å². The van der Waals surface area contributed by atoms with Gasteiger partial charge in [0.1, 0.15) is 17.9 Å². The Hall–Kier alpha value is -3.66. The summed E-state index contributed by atoms with van der Waals surface area (Å²) < 4.78 is 1.95. The molecule has 2 amide bonds. The quantitative estimate of drug-likeness (QED) is 0.440. The van der Waals surface area contributed by atoms with Gasteiger partial charge in [0.05, 0.1) is 23.3 Å². The number of hydrogen-bond acceptors (Lipinski definition) is 6. The van der Waals surface area contributed by atoms with Crippen LogP contribution in [0.25, 0.3) is 16.9 Å². The lowest BCUT2D eigenvalue weighted by Gasteiger charge is -2.24. The molecule has 2 N–H and O–H groups in total. The number of nitrogens with one attached hydrogen (secondary N) is 2. The molecule has 9 nitrogen and oxygen atoms in total. The number of aromatic nitrogens is 5. The number of anilines is 1. The second-order valence-electron chi connectivity index (χ2n) is 7.43. The second-order valence-corrected chi connectivity index (χ2v) is 8.40. The van der Waals surface area contributed by atoms with Gasteiger partial charge in [-0.15, -0.1) is 0 Å². The highest BCUT2D eigenvalue weighted by atomic mass is 32.2. The highest BCUT2D eigenvalue weighted by molar-refractivity contribution is 7.99. The van der Waals surface area contributed by atoms with Crippen LogP contribution in [0.5, 0.6) is 0 Å². The molecule has 4 heterocycles. The minimum absolute atomic E-state index is 0.0853. The second kappa shape index (κ2) is 8.83. The van der Waals surface area contributed by atoms with Gasteiger partial charge in [0.25, 0.3) is 0 Å². The largest absolute Gasteiger partial charge is 0.330 e. The van der Waals surface area contributed by atoms with Crippen molar-refractivity contribution >= 4 is 40.4 Å². The van der Waals surface area contributed by atoms with E-state index in [0.717, 1.165) is 17.6 Å². The lowest BCUT2D eigenvalue weighted by atomic mass is 10.2. The van der Waals surface area contributed by atoms with Gasteiger partial charge >= 0.3 is 0 Å². The third-order valence-corrected chi connectivity index (χ3v) is 6.25. The van der Waals surface area contributed by atoms with Crippen molar-refractivity contribution in [3.8, 4) is 5.69 Å². The Kier molecular flexibility index (Phi) is 5.59. The van der Waals surface area contributed by atoms with Gasteiger partial charge in [-0.25, -0.2) is 15.0 Å². The highest BCUT2D eigenvalue weighted by Crippen LogP contribution is 2.25. The van der Waals surface area contributed by atoms with Crippen molar-refractivity contribution < 1.29 is 9.59 Å². The monoisotopic (exact) mass is 447 g/mol. The van der Waals surface area contributed by atoms with Gasteiger partial charge in [-0.1, -0.05) is 23.9 Å². The number of hydrogen-bond donors (Lipinski definition) is 2. The van der Waals surface area contributed by atoms with Crippen LogP contribution >= 0.6 is 11.8 Å². The number of thioether (sulfide) groups is 1. The van der Waals surface area contributed by atoms with E-state index in [1.807, 2.05) is 53.4 Å². The van der Waals surface area contributed by atoms with Crippen LogP contribution in [0.1, 0.15) is 12.8 Å². The Balaban J connectivity index is 1.25. The van der Waals surface area contributed by atoms with Gasteiger partial charge in [-0.2, -0.15) is 0 Å². The Morgan fingerprint density at radius 3 is 2.88 bits per heavy atom. The molecule has 0 spiro atoms. The molecule has 1 atom stereocenters. The first-order valence-corrected chi connectivity index (χ1v) is 11.3. The van der Waals surface area contributed by atoms with Gasteiger partial charge in [-0.3, -0.25) is 9.59 Å². The molecule has 10 heteroatoms. The molecule has 0 saturated carbocycles. The molecule has 5 rings (SSSR count). The van der Waals surface area contributed by atoms with E-state index in [1.54, 1.807) is 11.1 Å². The van der Waals surface area contributed by atoms with E-state index < -0.39 is 6.04 Å². The van der Waals surface area contributed by atoms with Crippen molar-refractivity contribution in [3.63, 3.8) is 0 Å². The van der Waals surface area contributed by atoms with Crippen LogP contribution in [0, 0.1) is 0 Å². The van der Waals surface area contributed by atoms with Crippen LogP contribution in [0.2, 0.25) is 0 Å². The summed E-state index contributed by atoms with van der Waals surface area (Å²) >= 11 is 1.30. The molecule has 0 aliphatic carbocycles. The summed E-state index contributed by atoms with van der Waals surface area (Å²) in [5, 5.41) is 3.63. The first-order valence-electron chi connectivity index (χ1n) is 10.3. The zero-order valence-corrected chi connectivity index (χ0v) is 18.0. The number of H-pyrrole nitrogens is 1. The van der Waals surface area contributed by atoms with Gasteiger partial charge in [-0.05, 0) is 37.1 Å². The van der Waals surface area contributed by atoms with Crippen LogP contribution in [0.4, 0.5) is 5.69 Å². The van der Waals surface area contributed by atoms with Crippen LogP contribution in [-0.2, 0) is 9.59 Å². The van der Waals surface area contributed by atoms with Gasteiger partial charge in [0.2, 0.25) is 11.8 Å². The molecule has 1 fully saturated rings. The first kappa shape index (κ1) is 20.3. The summed E-state index contributed by atoms with van der Waals surface area (Å²) in [5.41, 5.74) is 2.88. The Bertz CT molecular complexity index is 1220. The lowest BCUT2D eigenvalue weighted by Crippen LogP contribution is -2.44. The normalized spacial score (nSPS) is 15.9. The van der Waals surface area contributed by atoms with E-state index in [0.29, 0.717) is 29.5 Å². The topological polar surface area (TPSA) is 109 Å². The zero-order valence-electron chi connectivity index (χ0n) is 17.1. The van der Waals surface area contributed by atoms with Crippen molar-refractivity contribution in [2.75, 3.05) is 17.6 Å². The number of rotatable bonds is 6. The smallest absolute Gasteiger partial charge is 0.247 e. The van der Waals surface area contributed by atoms with Crippen molar-refractivity contribution in [2.45, 2.75) is 24.0 Å². The van der Waals surface area contributed by atoms with Gasteiger partial charge in [0.15, 0.2) is 10.8 Å². The Labute approximate surface area is 188 Å². The number of imidazole rings is 1. The third kappa shape index (κ3) is 4.09. The number of fused-ring (bicyclic) bond motifs is 1. The van der Waals surface area contributed by atoms with E-state index in [4.69, 9.17) is 0 Å². The zero-order chi connectivity index (χ0) is 21.9. The maximum absolute atomic E-state index is 13.1. The molecule has 1 saturated heterocycles. The number of benzene rings is 1. The molecule has 1 aliphatic rings. The minimum Gasteiger partial charge on any atom is -0.330 e. The van der Waals surface area contributed by atoms with Crippen LogP contribution in [0.15, 0.2) is 66.5 Å². The van der Waals surface area contributed by atoms with E-state index in [1.165, 1.54) is 18.1 Å². The summed E-state index contributed by atoms with van der Waals surface area (Å²) in [6.45, 7) is 0.572. The fraction of sp³-hybridized carbons (Fsp3) is 0.227. The minimum atomic E-state index is -0.484. The molecule has 0 unspecified atom stereocenters. The molecule has 1 aliphatic heterocycles. The SMILES string of the molecule is O=C(Nc1ccccc1-n1cccc1)[C@@H]1CCCN1C(=O)CSc1nc2ncncc2[nH]1. The van der Waals surface area contributed by atoms with E-state index in [9.17, 15) is 9.59 Å². The third-order valence-electron chi connectivity index (χ3n) is 5.39. The molecule has 0 radical (unpaired) electrons. The van der Waals surface area contributed by atoms with Gasteiger partial charge in [0, 0.05) is 18.9 Å². The maximum atomic E-state index is 13.1. The summed E-state index contributed by atoms with van der Waals surface area (Å²) in [5.74, 6) is -0.0610. The molecule has 4 aromatic rings. The number of amides is 2. The van der Waals surface area contributed by atoms with Crippen molar-refractivity contribution in [3.05, 3.63) is 61.3 Å². The predicted molar refractivity (Wildman–Crippen MR) is 122 cm³/mol. The molecular weight excluding hydrogens is 426 g/mol. The van der Waals surface area contributed by atoms with Crippen molar-refractivity contribution in [1.29, 1.82) is 0 Å². The molecule has 32 heavy (non-hydrogen) atoms. The number of likely N-dealkylation sites (tertiary alicyclic amines) is 1. The number of para-hydroxylation sites is 2. The standard InChI is InChI=1S/C22H21N7O2S/c30-19(13-32-22-26-16-12-23-14-24-20(16)27-22)29-11-5-8-18(29)21(31)25-15-6-1-2-7-17(15)28-9-3-4-10-28/h1-4,6-7,9-10,12,14,18H,5,8,11,13H2,(H,25,31)(H,23,24,26,27)/t18-/m0/s1.